The van der Waals surface area contributed by atoms with Crippen LogP contribution in [0.1, 0.15) is 5.69 Å². The van der Waals surface area contributed by atoms with Gasteiger partial charge in [-0.25, -0.2) is 17.8 Å². The van der Waals surface area contributed by atoms with Crippen molar-refractivity contribution in [3.05, 3.63) is 35.8 Å². The van der Waals surface area contributed by atoms with Crippen LogP contribution in [-0.4, -0.2) is 25.7 Å². The summed E-state index contributed by atoms with van der Waals surface area (Å²) in [4.78, 5) is 3.84. The number of nitrogens with two attached hydrogens (primary N) is 1. The van der Waals surface area contributed by atoms with E-state index in [1.54, 1.807) is 19.1 Å². The van der Waals surface area contributed by atoms with Crippen molar-refractivity contribution in [2.24, 2.45) is 5.73 Å². The smallest absolute Gasteiger partial charge is 0.202 e. The molecule has 0 saturated carbocycles. The lowest BCUT2D eigenvalue weighted by molar-refractivity contribution is 0.579. The highest BCUT2D eigenvalue weighted by Crippen LogP contribution is 2.12. The van der Waals surface area contributed by atoms with Gasteiger partial charge < -0.3 is 5.73 Å². The molecule has 1 rings (SSSR count). The summed E-state index contributed by atoms with van der Waals surface area (Å²) in [5, 5.41) is -0.118. The minimum Gasteiger partial charge on any atom is -0.327 e. The summed E-state index contributed by atoms with van der Waals surface area (Å²) < 4.78 is 36.4. The van der Waals surface area contributed by atoms with Gasteiger partial charge in [0.2, 0.25) is 9.84 Å². The van der Waals surface area contributed by atoms with E-state index in [1.807, 2.05) is 0 Å². The highest BCUT2D eigenvalue weighted by molar-refractivity contribution is 7.91. The normalized spacial score (nSPS) is 12.8. The van der Waals surface area contributed by atoms with Gasteiger partial charge in [-0.2, -0.15) is 0 Å². The average molecular weight is 244 g/mol. The van der Waals surface area contributed by atoms with Gasteiger partial charge in [0.05, 0.1) is 0 Å². The summed E-state index contributed by atoms with van der Waals surface area (Å²) in [5.74, 6) is -1.45. The molecule has 0 amide bonds. The Labute approximate surface area is 93.9 Å². The van der Waals surface area contributed by atoms with Crippen molar-refractivity contribution >= 4 is 9.84 Å². The zero-order chi connectivity index (χ0) is 12.2. The molecular formula is C10H13FN2O2S. The second kappa shape index (κ2) is 5.18. The van der Waals surface area contributed by atoms with Crippen LogP contribution in [-0.2, 0) is 9.84 Å². The average Bonchev–Trinajstić information content (AvgIpc) is 2.17. The molecule has 16 heavy (non-hydrogen) atoms. The summed E-state index contributed by atoms with van der Waals surface area (Å²) in [7, 11) is -3.71. The highest BCUT2D eigenvalue weighted by atomic mass is 32.2. The first-order valence-corrected chi connectivity index (χ1v) is 6.32. The van der Waals surface area contributed by atoms with Crippen LogP contribution >= 0.6 is 0 Å². The van der Waals surface area contributed by atoms with Crippen molar-refractivity contribution in [2.75, 3.05) is 12.3 Å². The standard InChI is InChI=1S/C10H13FN2O2S/c1-8-3-2-4-10(13-8)16(14,15)7-9(11)5-6-12/h2-5H,6-7,12H2,1H3/b9-5-. The topological polar surface area (TPSA) is 73.0 Å². The van der Waals surface area contributed by atoms with E-state index in [0.717, 1.165) is 6.08 Å². The van der Waals surface area contributed by atoms with Crippen molar-refractivity contribution in [3.63, 3.8) is 0 Å². The third kappa shape index (κ3) is 3.39. The first-order chi connectivity index (χ1) is 7.45. The Hall–Kier alpha value is -1.27. The maximum absolute atomic E-state index is 13.1. The summed E-state index contributed by atoms with van der Waals surface area (Å²) in [6.45, 7) is 1.65. The van der Waals surface area contributed by atoms with Gasteiger partial charge in [-0.1, -0.05) is 6.07 Å². The second-order valence-electron chi connectivity index (χ2n) is 3.26. The fourth-order valence-corrected chi connectivity index (χ4v) is 2.33. The molecular weight excluding hydrogens is 231 g/mol. The Morgan fingerprint density at radius 2 is 2.25 bits per heavy atom. The van der Waals surface area contributed by atoms with E-state index < -0.39 is 21.4 Å². The Bertz CT molecular complexity index is 497. The first kappa shape index (κ1) is 12.8. The number of halogens is 1. The number of nitrogens with zero attached hydrogens (tertiary/aromatic N) is 1. The first-order valence-electron chi connectivity index (χ1n) is 4.67. The van der Waals surface area contributed by atoms with E-state index >= 15 is 0 Å². The van der Waals surface area contributed by atoms with Gasteiger partial charge in [-0.15, -0.1) is 0 Å². The number of hydrogen-bond donors (Lipinski definition) is 1. The number of hydrogen-bond acceptors (Lipinski definition) is 4. The maximum atomic E-state index is 13.1. The van der Waals surface area contributed by atoms with Gasteiger partial charge in [0, 0.05) is 12.2 Å². The van der Waals surface area contributed by atoms with Crippen molar-refractivity contribution < 1.29 is 12.8 Å². The molecule has 0 aliphatic carbocycles. The number of aromatic nitrogens is 1. The molecule has 0 fully saturated rings. The largest absolute Gasteiger partial charge is 0.327 e. The third-order valence-corrected chi connectivity index (χ3v) is 3.37. The van der Waals surface area contributed by atoms with Crippen LogP contribution in [0.25, 0.3) is 0 Å². The van der Waals surface area contributed by atoms with E-state index in [-0.39, 0.29) is 11.6 Å². The lowest BCUT2D eigenvalue weighted by Crippen LogP contribution is -2.10. The monoisotopic (exact) mass is 244 g/mol. The summed E-state index contributed by atoms with van der Waals surface area (Å²) in [6, 6.07) is 4.59. The van der Waals surface area contributed by atoms with Crippen LogP contribution in [0.3, 0.4) is 0 Å². The van der Waals surface area contributed by atoms with Crippen LogP contribution in [0.2, 0.25) is 0 Å². The zero-order valence-electron chi connectivity index (χ0n) is 8.85. The Balaban J connectivity index is 2.99. The molecule has 0 bridgehead atoms. The minimum absolute atomic E-state index is 0.0252. The minimum atomic E-state index is -3.71. The number of rotatable bonds is 4. The van der Waals surface area contributed by atoms with Gasteiger partial charge in [-0.3, -0.25) is 0 Å². The van der Waals surface area contributed by atoms with E-state index in [2.05, 4.69) is 4.98 Å². The molecule has 0 aliphatic rings. The number of aryl methyl sites for hydroxylation is 1. The maximum Gasteiger partial charge on any atom is 0.202 e. The molecule has 0 saturated heterocycles. The van der Waals surface area contributed by atoms with Crippen molar-refractivity contribution in [1.29, 1.82) is 0 Å². The Morgan fingerprint density at radius 3 is 2.81 bits per heavy atom. The molecule has 88 valence electrons. The van der Waals surface area contributed by atoms with Crippen LogP contribution in [0.4, 0.5) is 4.39 Å². The summed E-state index contributed by atoms with van der Waals surface area (Å²) in [6.07, 6.45) is 1.04. The molecule has 1 heterocycles. The second-order valence-corrected chi connectivity index (χ2v) is 5.20. The van der Waals surface area contributed by atoms with Crippen molar-refractivity contribution in [3.8, 4) is 0 Å². The Kier molecular flexibility index (Phi) is 4.14. The van der Waals surface area contributed by atoms with Crippen LogP contribution in [0, 0.1) is 6.92 Å². The van der Waals surface area contributed by atoms with Gasteiger partial charge >= 0.3 is 0 Å². The van der Waals surface area contributed by atoms with E-state index in [9.17, 15) is 12.8 Å². The molecule has 0 spiro atoms. The van der Waals surface area contributed by atoms with Crippen LogP contribution < -0.4 is 5.73 Å². The van der Waals surface area contributed by atoms with Gasteiger partial charge in [0.1, 0.15) is 11.6 Å². The SMILES string of the molecule is Cc1cccc(S(=O)(=O)C/C(F)=C/CN)n1. The fraction of sp³-hybridized carbons (Fsp3) is 0.300. The zero-order valence-corrected chi connectivity index (χ0v) is 9.67. The molecule has 0 aliphatic heterocycles. The molecule has 0 aromatic carbocycles. The lowest BCUT2D eigenvalue weighted by atomic mass is 10.4. The van der Waals surface area contributed by atoms with Crippen molar-refractivity contribution in [1.82, 2.24) is 4.98 Å². The lowest BCUT2D eigenvalue weighted by Gasteiger charge is -2.02. The molecule has 0 radical (unpaired) electrons. The van der Waals surface area contributed by atoms with Gasteiger partial charge in [-0.05, 0) is 25.1 Å². The highest BCUT2D eigenvalue weighted by Gasteiger charge is 2.18. The van der Waals surface area contributed by atoms with E-state index in [0.29, 0.717) is 5.69 Å². The third-order valence-electron chi connectivity index (χ3n) is 1.85. The van der Waals surface area contributed by atoms with E-state index in [4.69, 9.17) is 5.73 Å². The molecule has 1 aromatic rings. The van der Waals surface area contributed by atoms with Gasteiger partial charge in [0.25, 0.3) is 0 Å². The molecule has 0 atom stereocenters. The van der Waals surface area contributed by atoms with Gasteiger partial charge in [0.15, 0.2) is 5.03 Å². The molecule has 4 nitrogen and oxygen atoms in total. The predicted molar refractivity (Wildman–Crippen MR) is 59.3 cm³/mol. The fourth-order valence-electron chi connectivity index (χ4n) is 1.13. The summed E-state index contributed by atoms with van der Waals surface area (Å²) in [5.41, 5.74) is 5.66. The molecule has 2 N–H and O–H groups in total. The van der Waals surface area contributed by atoms with E-state index in [1.165, 1.54) is 6.07 Å². The molecule has 0 unspecified atom stereocenters. The Morgan fingerprint density at radius 1 is 1.56 bits per heavy atom. The number of sulfone groups is 1. The predicted octanol–water partition coefficient (Wildman–Crippen LogP) is 0.976. The van der Waals surface area contributed by atoms with Crippen LogP contribution in [0.15, 0.2) is 35.1 Å². The molecule has 6 heteroatoms. The molecule has 1 aromatic heterocycles. The van der Waals surface area contributed by atoms with Crippen molar-refractivity contribution in [2.45, 2.75) is 11.9 Å². The van der Waals surface area contributed by atoms with Crippen LogP contribution in [0.5, 0.6) is 0 Å². The summed E-state index contributed by atoms with van der Waals surface area (Å²) >= 11 is 0. The number of pyridine rings is 1. The quantitative estimate of drug-likeness (QED) is 0.856.